The Morgan fingerprint density at radius 1 is 1.19 bits per heavy atom. The van der Waals surface area contributed by atoms with Gasteiger partial charge < -0.3 is 5.32 Å². The molecular formula is C14H12F2N4O. The highest BCUT2D eigenvalue weighted by atomic mass is 19.1. The van der Waals surface area contributed by atoms with Crippen LogP contribution in [-0.4, -0.2) is 16.7 Å². The van der Waals surface area contributed by atoms with Crippen LogP contribution in [0.3, 0.4) is 0 Å². The predicted molar refractivity (Wildman–Crippen MR) is 75.0 cm³/mol. The second-order valence-electron chi connectivity index (χ2n) is 4.14. The summed E-state index contributed by atoms with van der Waals surface area (Å²) in [6.07, 6.45) is 1.60. The number of carbonyl (C=O) groups excluding carboxylic acids is 1. The second-order valence-corrected chi connectivity index (χ2v) is 4.14. The lowest BCUT2D eigenvalue weighted by atomic mass is 10.3. The topological polar surface area (TPSA) is 66.4 Å². The molecule has 0 fully saturated rings. The molecule has 2 aromatic rings. The molecule has 0 atom stereocenters. The Balaban J connectivity index is 1.99. The Morgan fingerprint density at radius 3 is 2.52 bits per heavy atom. The van der Waals surface area contributed by atoms with Crippen LogP contribution in [0, 0.1) is 11.6 Å². The number of halogens is 2. The molecule has 0 aliphatic heterocycles. The van der Waals surface area contributed by atoms with E-state index in [2.05, 4.69) is 20.8 Å². The Kier molecular flexibility index (Phi) is 4.55. The first-order chi connectivity index (χ1) is 10.0. The van der Waals surface area contributed by atoms with E-state index in [1.54, 1.807) is 31.3 Å². The van der Waals surface area contributed by atoms with E-state index in [0.717, 1.165) is 12.1 Å². The van der Waals surface area contributed by atoms with Crippen molar-refractivity contribution in [1.29, 1.82) is 0 Å². The summed E-state index contributed by atoms with van der Waals surface area (Å²) in [5, 5.41) is 6.11. The van der Waals surface area contributed by atoms with Crippen LogP contribution < -0.4 is 10.7 Å². The van der Waals surface area contributed by atoms with E-state index in [1.165, 1.54) is 0 Å². The number of urea groups is 1. The monoisotopic (exact) mass is 290 g/mol. The van der Waals surface area contributed by atoms with Crippen LogP contribution >= 0.6 is 0 Å². The number of nitrogens with zero attached hydrogens (tertiary/aromatic N) is 2. The van der Waals surface area contributed by atoms with Crippen molar-refractivity contribution in [3.63, 3.8) is 0 Å². The van der Waals surface area contributed by atoms with Gasteiger partial charge in [-0.25, -0.2) is 19.0 Å². The molecule has 2 N–H and O–H groups in total. The first-order valence-corrected chi connectivity index (χ1v) is 6.03. The van der Waals surface area contributed by atoms with Gasteiger partial charge in [0.15, 0.2) is 0 Å². The number of hydrogen-bond acceptors (Lipinski definition) is 3. The Hall–Kier alpha value is -2.83. The zero-order valence-electron chi connectivity index (χ0n) is 11.1. The number of aromatic nitrogens is 1. The first-order valence-electron chi connectivity index (χ1n) is 6.03. The molecule has 0 aliphatic carbocycles. The molecule has 0 bridgehead atoms. The van der Waals surface area contributed by atoms with Crippen LogP contribution in [0.1, 0.15) is 12.6 Å². The van der Waals surface area contributed by atoms with Gasteiger partial charge in [-0.05, 0) is 31.2 Å². The van der Waals surface area contributed by atoms with Crippen LogP contribution in [0.25, 0.3) is 0 Å². The van der Waals surface area contributed by atoms with Crippen molar-refractivity contribution in [3.05, 3.63) is 59.9 Å². The lowest BCUT2D eigenvalue weighted by molar-refractivity contribution is 0.252. The zero-order chi connectivity index (χ0) is 15.2. The summed E-state index contributed by atoms with van der Waals surface area (Å²) < 4.78 is 25.9. The fourth-order valence-corrected chi connectivity index (χ4v) is 1.55. The summed E-state index contributed by atoms with van der Waals surface area (Å²) in [5.74, 6) is -1.56. The van der Waals surface area contributed by atoms with Crippen molar-refractivity contribution in [2.24, 2.45) is 5.10 Å². The van der Waals surface area contributed by atoms with Crippen molar-refractivity contribution in [3.8, 4) is 0 Å². The summed E-state index contributed by atoms with van der Waals surface area (Å²) in [6.45, 7) is 1.67. The molecule has 2 rings (SSSR count). The minimum Gasteiger partial charge on any atom is -0.306 e. The van der Waals surface area contributed by atoms with Gasteiger partial charge in [-0.2, -0.15) is 5.10 Å². The molecule has 1 aromatic carbocycles. The molecule has 0 saturated heterocycles. The molecule has 0 radical (unpaired) electrons. The summed E-state index contributed by atoms with van der Waals surface area (Å²) in [5.41, 5.74) is 3.32. The molecule has 2 amide bonds. The Labute approximate surface area is 119 Å². The number of carbonyl (C=O) groups is 1. The number of amides is 2. The number of pyridine rings is 1. The maximum atomic E-state index is 13.0. The van der Waals surface area contributed by atoms with Crippen LogP contribution in [-0.2, 0) is 0 Å². The van der Waals surface area contributed by atoms with Gasteiger partial charge in [0.2, 0.25) is 0 Å². The normalized spacial score (nSPS) is 11.1. The van der Waals surface area contributed by atoms with Crippen LogP contribution in [0.5, 0.6) is 0 Å². The van der Waals surface area contributed by atoms with Gasteiger partial charge >= 0.3 is 6.03 Å². The fraction of sp³-hybridized carbons (Fsp3) is 0.0714. The molecule has 7 heteroatoms. The SMILES string of the molecule is CC(=NNC(=O)Nc1cc(F)cc(F)c1)c1ccccn1. The third-order valence-electron chi connectivity index (χ3n) is 2.48. The van der Waals surface area contributed by atoms with Gasteiger partial charge in [0.1, 0.15) is 11.6 Å². The average Bonchev–Trinajstić information content (AvgIpc) is 2.44. The minimum atomic E-state index is -0.779. The number of benzene rings is 1. The van der Waals surface area contributed by atoms with Gasteiger partial charge in [0, 0.05) is 18.0 Å². The standard InChI is InChI=1S/C14H12F2N4O/c1-9(13-4-2-3-5-17-13)19-20-14(21)18-12-7-10(15)6-11(16)8-12/h2-8H,1H3,(H2,18,20,21). The van der Waals surface area contributed by atoms with Crippen molar-refractivity contribution in [1.82, 2.24) is 10.4 Å². The van der Waals surface area contributed by atoms with E-state index < -0.39 is 17.7 Å². The van der Waals surface area contributed by atoms with Gasteiger partial charge in [-0.1, -0.05) is 6.07 Å². The molecule has 0 aliphatic rings. The van der Waals surface area contributed by atoms with Crippen molar-refractivity contribution in [2.75, 3.05) is 5.32 Å². The highest BCUT2D eigenvalue weighted by Crippen LogP contribution is 2.12. The summed E-state index contributed by atoms with van der Waals surface area (Å²) in [4.78, 5) is 15.6. The fourth-order valence-electron chi connectivity index (χ4n) is 1.55. The number of anilines is 1. The lowest BCUT2D eigenvalue weighted by Crippen LogP contribution is -2.25. The minimum absolute atomic E-state index is 0.00399. The van der Waals surface area contributed by atoms with E-state index in [0.29, 0.717) is 17.5 Å². The van der Waals surface area contributed by atoms with E-state index in [4.69, 9.17) is 0 Å². The second kappa shape index (κ2) is 6.56. The molecule has 1 heterocycles. The average molecular weight is 290 g/mol. The van der Waals surface area contributed by atoms with E-state index in [-0.39, 0.29) is 5.69 Å². The van der Waals surface area contributed by atoms with Gasteiger partial charge in [-0.15, -0.1) is 0 Å². The Bertz CT molecular complexity index is 654. The molecule has 5 nitrogen and oxygen atoms in total. The molecule has 1 aromatic heterocycles. The summed E-state index contributed by atoms with van der Waals surface area (Å²) >= 11 is 0. The number of hydrogen-bond donors (Lipinski definition) is 2. The predicted octanol–water partition coefficient (Wildman–Crippen LogP) is 2.91. The van der Waals surface area contributed by atoms with Crippen LogP contribution in [0.15, 0.2) is 47.7 Å². The van der Waals surface area contributed by atoms with E-state index in [1.807, 2.05) is 0 Å². The summed E-state index contributed by atoms with van der Waals surface area (Å²) in [7, 11) is 0. The molecule has 0 unspecified atom stereocenters. The van der Waals surface area contributed by atoms with Crippen molar-refractivity contribution < 1.29 is 13.6 Å². The molecule has 108 valence electrons. The molecule has 21 heavy (non-hydrogen) atoms. The third-order valence-corrected chi connectivity index (χ3v) is 2.48. The molecule has 0 saturated carbocycles. The maximum absolute atomic E-state index is 13.0. The quantitative estimate of drug-likeness (QED) is 0.674. The first kappa shape index (κ1) is 14.6. The maximum Gasteiger partial charge on any atom is 0.339 e. The van der Waals surface area contributed by atoms with E-state index in [9.17, 15) is 13.6 Å². The summed E-state index contributed by atoms with van der Waals surface area (Å²) in [6, 6.07) is 7.28. The zero-order valence-corrected chi connectivity index (χ0v) is 11.1. The van der Waals surface area contributed by atoms with Gasteiger partial charge in [0.05, 0.1) is 11.4 Å². The molecule has 0 spiro atoms. The van der Waals surface area contributed by atoms with Crippen molar-refractivity contribution >= 4 is 17.4 Å². The highest BCUT2D eigenvalue weighted by Gasteiger charge is 2.05. The van der Waals surface area contributed by atoms with Crippen LogP contribution in [0.2, 0.25) is 0 Å². The largest absolute Gasteiger partial charge is 0.339 e. The van der Waals surface area contributed by atoms with E-state index >= 15 is 0 Å². The number of hydrazone groups is 1. The third kappa shape index (κ3) is 4.34. The lowest BCUT2D eigenvalue weighted by Gasteiger charge is -2.05. The van der Waals surface area contributed by atoms with Gasteiger partial charge in [0.25, 0.3) is 0 Å². The molecular weight excluding hydrogens is 278 g/mol. The highest BCUT2D eigenvalue weighted by molar-refractivity contribution is 5.98. The van der Waals surface area contributed by atoms with Crippen molar-refractivity contribution in [2.45, 2.75) is 6.92 Å². The number of nitrogens with one attached hydrogen (secondary N) is 2. The Morgan fingerprint density at radius 2 is 1.90 bits per heavy atom. The smallest absolute Gasteiger partial charge is 0.306 e. The van der Waals surface area contributed by atoms with Gasteiger partial charge in [-0.3, -0.25) is 4.98 Å². The van der Waals surface area contributed by atoms with Crippen LogP contribution in [0.4, 0.5) is 19.3 Å². The number of rotatable bonds is 3.